The number of aliphatic hydroxyl groups is 1. The molecule has 6 rings (SSSR count). The Bertz CT molecular complexity index is 3110. The van der Waals surface area contributed by atoms with Crippen LogP contribution in [0.15, 0.2) is 135 Å². The Labute approximate surface area is 499 Å². The lowest BCUT2D eigenvalue weighted by molar-refractivity contribution is -0.167. The third-order valence-corrected chi connectivity index (χ3v) is 14.9. The third-order valence-electron chi connectivity index (χ3n) is 14.9. The topological polar surface area (TPSA) is 280 Å². The van der Waals surface area contributed by atoms with Crippen LogP contribution in [0.25, 0.3) is 0 Å². The molecule has 9 unspecified atom stereocenters. The van der Waals surface area contributed by atoms with Gasteiger partial charge in [0.15, 0.2) is 18.3 Å². The SMILES string of the molecule is C=CC(=O)OCC(COc1ccc(Cc2cc(Cc3ccc(OCC(COC(=O)C=C)OC(=O)C4CC=CCC4C(=O)O)c(C)c3)cc(OCC(COC(=O)C=C)OC(=O)C3CC=CCC3C(=O)O)c2C)cc1C)OC(=O)C1CC=CCC1C(=C)O. The Morgan fingerprint density at radius 3 is 1.16 bits per heavy atom. The summed E-state index contributed by atoms with van der Waals surface area (Å²) in [4.78, 5) is 101. The predicted octanol–water partition coefficient (Wildman–Crippen LogP) is 8.84. The zero-order chi connectivity index (χ0) is 62.5. The van der Waals surface area contributed by atoms with Crippen molar-refractivity contribution in [2.24, 2.45) is 35.5 Å². The van der Waals surface area contributed by atoms with E-state index >= 15 is 0 Å². The van der Waals surface area contributed by atoms with E-state index in [0.717, 1.165) is 51.6 Å². The van der Waals surface area contributed by atoms with Crippen molar-refractivity contribution >= 4 is 47.8 Å². The van der Waals surface area contributed by atoms with Gasteiger partial charge >= 0.3 is 47.8 Å². The first kappa shape index (κ1) is 65.9. The van der Waals surface area contributed by atoms with Gasteiger partial charge in [-0.25, -0.2) is 14.4 Å². The minimum absolute atomic E-state index is 0.134. The van der Waals surface area contributed by atoms with E-state index in [1.807, 2.05) is 69.3 Å². The van der Waals surface area contributed by atoms with Crippen LogP contribution in [0.4, 0.5) is 0 Å². The van der Waals surface area contributed by atoms with E-state index in [1.165, 1.54) is 0 Å². The maximum absolute atomic E-state index is 13.6. The Morgan fingerprint density at radius 2 is 0.802 bits per heavy atom. The van der Waals surface area contributed by atoms with Gasteiger partial charge in [0.25, 0.3) is 0 Å². The molecule has 458 valence electrons. The highest BCUT2D eigenvalue weighted by molar-refractivity contribution is 5.84. The number of esters is 6. The van der Waals surface area contributed by atoms with Crippen molar-refractivity contribution in [2.45, 2.75) is 90.4 Å². The van der Waals surface area contributed by atoms with Gasteiger partial charge in [0.1, 0.15) is 56.9 Å². The third kappa shape index (κ3) is 19.2. The molecule has 3 aliphatic rings. The smallest absolute Gasteiger partial charge is 0.330 e. The minimum Gasteiger partial charge on any atom is -0.513 e. The number of rotatable bonds is 31. The van der Waals surface area contributed by atoms with E-state index in [2.05, 4.69) is 26.3 Å². The highest BCUT2D eigenvalue weighted by Crippen LogP contribution is 2.34. The zero-order valence-electron chi connectivity index (χ0n) is 48.5. The maximum atomic E-state index is 13.6. The molecule has 0 saturated heterocycles. The van der Waals surface area contributed by atoms with E-state index in [9.17, 15) is 53.7 Å². The molecule has 20 heteroatoms. The summed E-state index contributed by atoms with van der Waals surface area (Å²) >= 11 is 0. The quantitative estimate of drug-likeness (QED) is 0.0178. The summed E-state index contributed by atoms with van der Waals surface area (Å²) in [5.41, 5.74) is 5.47. The van der Waals surface area contributed by atoms with Gasteiger partial charge < -0.3 is 58.0 Å². The summed E-state index contributed by atoms with van der Waals surface area (Å²) in [5.74, 6) is -10.7. The Balaban J connectivity index is 1.25. The van der Waals surface area contributed by atoms with Gasteiger partial charge in [-0.1, -0.05) is 93.1 Å². The molecular formula is C66H74O20. The fraction of sp³-hybridized carbons (Fsp3) is 0.394. The highest BCUT2D eigenvalue weighted by atomic mass is 16.6. The molecule has 0 amide bonds. The fourth-order valence-corrected chi connectivity index (χ4v) is 10.2. The number of carbonyl (C=O) groups excluding carboxylic acids is 6. The average Bonchev–Trinajstić information content (AvgIpc) is 2.49. The molecule has 86 heavy (non-hydrogen) atoms. The summed E-state index contributed by atoms with van der Waals surface area (Å²) in [6.45, 7) is 17.6. The normalized spacial score (nSPS) is 19.6. The summed E-state index contributed by atoms with van der Waals surface area (Å²) in [7, 11) is 0. The summed E-state index contributed by atoms with van der Waals surface area (Å²) in [5, 5.41) is 29.9. The first-order chi connectivity index (χ1) is 41.2. The molecule has 0 heterocycles. The van der Waals surface area contributed by atoms with E-state index in [-0.39, 0.29) is 64.5 Å². The van der Waals surface area contributed by atoms with Gasteiger partial charge in [0.2, 0.25) is 0 Å². The minimum atomic E-state index is -1.16. The molecule has 0 bridgehead atoms. The molecule has 0 saturated carbocycles. The second kappa shape index (κ2) is 32.2. The summed E-state index contributed by atoms with van der Waals surface area (Å²) in [6, 6.07) is 14.9. The van der Waals surface area contributed by atoms with Crippen LogP contribution in [0.2, 0.25) is 0 Å². The largest absolute Gasteiger partial charge is 0.513 e. The molecule has 3 aliphatic carbocycles. The van der Waals surface area contributed by atoms with E-state index in [4.69, 9.17) is 42.6 Å². The first-order valence-corrected chi connectivity index (χ1v) is 28.1. The predicted molar refractivity (Wildman–Crippen MR) is 312 cm³/mol. The number of aliphatic hydroxyl groups excluding tert-OH is 1. The standard InChI is InChI=1S/C66H74O20/c1-8-59(68)81-36-47(84-64(75)53-20-14-11-17-50(53)42(7)67)33-79-57-26-24-44(28-40(57)5)30-46-31-45(32-58(41(46)6)80-35-49(38-83-61(70)10-3)86-66(77)55-22-16-13-19-52(55)63(73)74)29-43-23-25-56(39(4)27-43)78-34-48(37-82-60(69)9-2)85-65(76)54-21-15-12-18-51(54)62(71)72/h8-16,23-28,31-32,47-55,67H,1-3,7,17-22,29-30,33-38H2,4-6H3,(H,71,72)(H,73,74). The number of ether oxygens (including phenoxy) is 9. The van der Waals surface area contributed by atoms with Crippen molar-refractivity contribution in [3.8, 4) is 17.2 Å². The Hall–Kier alpha value is -9.20. The van der Waals surface area contributed by atoms with Crippen molar-refractivity contribution in [3.63, 3.8) is 0 Å². The number of allylic oxidation sites excluding steroid dienone is 7. The van der Waals surface area contributed by atoms with Crippen molar-refractivity contribution in [3.05, 3.63) is 174 Å². The highest BCUT2D eigenvalue weighted by Gasteiger charge is 2.39. The number of benzene rings is 3. The van der Waals surface area contributed by atoms with Gasteiger partial charge in [-0.05, 0) is 129 Å². The van der Waals surface area contributed by atoms with Crippen molar-refractivity contribution in [1.29, 1.82) is 0 Å². The lowest BCUT2D eigenvalue weighted by atomic mass is 9.82. The monoisotopic (exact) mass is 1190 g/mol. The first-order valence-electron chi connectivity index (χ1n) is 28.1. The lowest BCUT2D eigenvalue weighted by Crippen LogP contribution is -2.37. The molecule has 20 nitrogen and oxygen atoms in total. The second-order valence-corrected chi connectivity index (χ2v) is 21.2. The number of hydrogen-bond donors (Lipinski definition) is 3. The van der Waals surface area contributed by atoms with Gasteiger partial charge in [-0.15, -0.1) is 0 Å². The van der Waals surface area contributed by atoms with Gasteiger partial charge in [-0.2, -0.15) is 0 Å². The van der Waals surface area contributed by atoms with E-state index in [1.54, 1.807) is 36.4 Å². The lowest BCUT2D eigenvalue weighted by Gasteiger charge is -2.28. The van der Waals surface area contributed by atoms with Crippen molar-refractivity contribution < 1.29 is 96.3 Å². The van der Waals surface area contributed by atoms with Gasteiger partial charge in [-0.3, -0.25) is 24.0 Å². The number of carboxylic acid groups (broad SMARTS) is 2. The molecule has 0 radical (unpaired) electrons. The van der Waals surface area contributed by atoms with E-state index < -0.39 is 108 Å². The second-order valence-electron chi connectivity index (χ2n) is 21.2. The molecule has 0 fully saturated rings. The molecule has 3 N–H and O–H groups in total. The van der Waals surface area contributed by atoms with Crippen LogP contribution < -0.4 is 14.2 Å². The molecule has 3 aromatic carbocycles. The van der Waals surface area contributed by atoms with Crippen LogP contribution >= 0.6 is 0 Å². The summed E-state index contributed by atoms with van der Waals surface area (Å²) in [6.07, 6.45) is 12.2. The number of carboxylic acids is 2. The van der Waals surface area contributed by atoms with E-state index in [0.29, 0.717) is 48.5 Å². The molecule has 3 aromatic rings. The maximum Gasteiger partial charge on any atom is 0.330 e. The van der Waals surface area contributed by atoms with Crippen LogP contribution in [-0.2, 0) is 79.6 Å². The number of aliphatic carboxylic acids is 2. The zero-order valence-corrected chi connectivity index (χ0v) is 48.5. The Kier molecular flexibility index (Phi) is 24.7. The summed E-state index contributed by atoms with van der Waals surface area (Å²) < 4.78 is 51.9. The number of carbonyl (C=O) groups is 8. The number of hydrogen-bond acceptors (Lipinski definition) is 18. The van der Waals surface area contributed by atoms with Crippen LogP contribution in [0, 0.1) is 56.3 Å². The number of aryl methyl sites for hydroxylation is 2. The molecule has 0 aromatic heterocycles. The fourth-order valence-electron chi connectivity index (χ4n) is 10.2. The molecule has 0 aliphatic heterocycles. The average molecular weight is 1190 g/mol. The van der Waals surface area contributed by atoms with Gasteiger partial charge in [0.05, 0.1) is 35.3 Å². The van der Waals surface area contributed by atoms with Crippen molar-refractivity contribution in [2.75, 3.05) is 39.6 Å². The van der Waals surface area contributed by atoms with Crippen LogP contribution in [0.3, 0.4) is 0 Å². The van der Waals surface area contributed by atoms with Crippen LogP contribution in [0.5, 0.6) is 17.2 Å². The molecule has 9 atom stereocenters. The molecule has 0 spiro atoms. The van der Waals surface area contributed by atoms with Gasteiger partial charge in [0, 0.05) is 24.1 Å². The van der Waals surface area contributed by atoms with Crippen LogP contribution in [-0.4, -0.2) is 121 Å². The van der Waals surface area contributed by atoms with Crippen LogP contribution in [0.1, 0.15) is 77.5 Å². The van der Waals surface area contributed by atoms with Crippen molar-refractivity contribution in [1.82, 2.24) is 0 Å². The molecular weight excluding hydrogens is 1110 g/mol. The Morgan fingerprint density at radius 1 is 0.453 bits per heavy atom.